The summed E-state index contributed by atoms with van der Waals surface area (Å²) in [6.45, 7) is 7.85. The average molecular weight is 433 g/mol. The van der Waals surface area contributed by atoms with Gasteiger partial charge in [-0.3, -0.25) is 9.59 Å². The van der Waals surface area contributed by atoms with E-state index in [1.165, 1.54) is 18.2 Å². The quantitative estimate of drug-likeness (QED) is 0.314. The van der Waals surface area contributed by atoms with Crippen molar-refractivity contribution in [3.63, 3.8) is 0 Å². The van der Waals surface area contributed by atoms with Crippen LogP contribution in [0.15, 0.2) is 9.64 Å². The molecular formula is C19H33ClN4O3S. The predicted molar refractivity (Wildman–Crippen MR) is 113 cm³/mol. The van der Waals surface area contributed by atoms with E-state index in [4.69, 9.17) is 4.42 Å². The van der Waals surface area contributed by atoms with E-state index in [0.717, 1.165) is 44.5 Å². The van der Waals surface area contributed by atoms with Crippen LogP contribution in [0.5, 0.6) is 0 Å². The molecule has 1 amide bonds. The Hall–Kier alpha value is -1.12. The Morgan fingerprint density at radius 1 is 1.21 bits per heavy atom. The first kappa shape index (κ1) is 24.9. The maximum absolute atomic E-state index is 12.9. The number of ketones is 1. The number of halogens is 1. The van der Waals surface area contributed by atoms with Crippen LogP contribution in [0.1, 0.15) is 70.0 Å². The Bertz CT molecular complexity index is 606. The zero-order chi connectivity index (χ0) is 19.6. The highest BCUT2D eigenvalue weighted by molar-refractivity contribution is 7.99. The summed E-state index contributed by atoms with van der Waals surface area (Å²) in [5, 5.41) is 14.4. The number of hydrogen-bond donors (Lipinski definition) is 2. The van der Waals surface area contributed by atoms with Crippen LogP contribution in [-0.2, 0) is 4.79 Å². The highest BCUT2D eigenvalue weighted by atomic mass is 35.5. The van der Waals surface area contributed by atoms with Crippen molar-refractivity contribution in [3.8, 4) is 0 Å². The molecule has 2 N–H and O–H groups in total. The number of nitrogens with zero attached hydrogens (tertiary/aromatic N) is 2. The second-order valence-corrected chi connectivity index (χ2v) is 8.51. The van der Waals surface area contributed by atoms with Crippen molar-refractivity contribution < 1.29 is 14.0 Å². The van der Waals surface area contributed by atoms with Crippen molar-refractivity contribution >= 4 is 35.9 Å². The van der Waals surface area contributed by atoms with Crippen LogP contribution in [0.3, 0.4) is 0 Å². The van der Waals surface area contributed by atoms with Crippen molar-refractivity contribution in [2.24, 2.45) is 11.8 Å². The van der Waals surface area contributed by atoms with E-state index in [9.17, 15) is 9.59 Å². The molecule has 0 unspecified atom stereocenters. The van der Waals surface area contributed by atoms with Gasteiger partial charge in [0.15, 0.2) is 0 Å². The Kier molecular flexibility index (Phi) is 11.7. The topological polar surface area (TPSA) is 97.1 Å². The highest BCUT2D eigenvalue weighted by Gasteiger charge is 2.30. The molecule has 2 rings (SSSR count). The van der Waals surface area contributed by atoms with E-state index in [-0.39, 0.29) is 41.8 Å². The minimum Gasteiger partial charge on any atom is -0.408 e. The van der Waals surface area contributed by atoms with E-state index in [1.54, 1.807) is 0 Å². The smallest absolute Gasteiger partial charge is 0.286 e. The molecule has 1 aromatic rings. The van der Waals surface area contributed by atoms with Gasteiger partial charge in [-0.1, -0.05) is 51.8 Å². The summed E-state index contributed by atoms with van der Waals surface area (Å²) >= 11 is 1.42. The molecule has 7 nitrogen and oxygen atoms in total. The Morgan fingerprint density at radius 2 is 1.93 bits per heavy atom. The second kappa shape index (κ2) is 13.2. The van der Waals surface area contributed by atoms with Crippen LogP contribution in [0.4, 0.5) is 0 Å². The molecule has 9 heteroatoms. The standard InChI is InChI=1S/C19H32N4O3S.ClH/c1-4-20-10-11-27-19-23-22-18(26-19)16(24)15(12-13(2)3)21-17(25)14-8-6-5-7-9-14;/h13-15,20H,4-12H2,1-3H3,(H,21,25);1H/t15-;/m0./s1. The number of thioether (sulfide) groups is 1. The van der Waals surface area contributed by atoms with Gasteiger partial charge in [0.1, 0.15) is 0 Å². The largest absolute Gasteiger partial charge is 0.408 e. The lowest BCUT2D eigenvalue weighted by atomic mass is 9.88. The molecule has 0 bridgehead atoms. The van der Waals surface area contributed by atoms with Crippen LogP contribution < -0.4 is 10.6 Å². The SMILES string of the molecule is CCNCCSc1nnc(C(=O)[C@H](CC(C)C)NC(=O)C2CCCCC2)o1.Cl. The summed E-state index contributed by atoms with van der Waals surface area (Å²) in [7, 11) is 0. The summed E-state index contributed by atoms with van der Waals surface area (Å²) in [4.78, 5) is 25.4. The van der Waals surface area contributed by atoms with Crippen molar-refractivity contribution in [2.45, 2.75) is 70.6 Å². The lowest BCUT2D eigenvalue weighted by Crippen LogP contribution is -2.45. The van der Waals surface area contributed by atoms with Crippen LogP contribution in [0.2, 0.25) is 0 Å². The van der Waals surface area contributed by atoms with Crippen LogP contribution in [0, 0.1) is 11.8 Å². The molecule has 0 aromatic carbocycles. The Balaban J connectivity index is 0.00000392. The van der Waals surface area contributed by atoms with Gasteiger partial charge >= 0.3 is 0 Å². The monoisotopic (exact) mass is 432 g/mol. The average Bonchev–Trinajstić information content (AvgIpc) is 3.13. The van der Waals surface area contributed by atoms with Crippen LogP contribution in [0.25, 0.3) is 0 Å². The first-order chi connectivity index (χ1) is 13.0. The third-order valence-corrected chi connectivity index (χ3v) is 5.51. The molecule has 1 saturated carbocycles. The number of nitrogens with one attached hydrogen (secondary N) is 2. The second-order valence-electron chi connectivity index (χ2n) is 7.47. The molecule has 1 aromatic heterocycles. The van der Waals surface area contributed by atoms with Crippen molar-refractivity contribution in [2.75, 3.05) is 18.8 Å². The van der Waals surface area contributed by atoms with Gasteiger partial charge in [-0.15, -0.1) is 22.6 Å². The maximum Gasteiger partial charge on any atom is 0.286 e. The molecule has 0 spiro atoms. The summed E-state index contributed by atoms with van der Waals surface area (Å²) in [6, 6.07) is -0.612. The number of carbonyl (C=O) groups is 2. The van der Waals surface area contributed by atoms with Crippen molar-refractivity contribution in [1.29, 1.82) is 0 Å². The zero-order valence-electron chi connectivity index (χ0n) is 17.0. The van der Waals surface area contributed by atoms with Gasteiger partial charge in [0.05, 0.1) is 6.04 Å². The van der Waals surface area contributed by atoms with E-state index in [0.29, 0.717) is 11.6 Å². The van der Waals surface area contributed by atoms with Gasteiger partial charge in [-0.2, -0.15) is 0 Å². The van der Waals surface area contributed by atoms with Crippen molar-refractivity contribution in [1.82, 2.24) is 20.8 Å². The molecular weight excluding hydrogens is 400 g/mol. The lowest BCUT2D eigenvalue weighted by Gasteiger charge is -2.24. The van der Waals surface area contributed by atoms with Gasteiger partial charge in [-0.25, -0.2) is 0 Å². The first-order valence-corrected chi connectivity index (χ1v) is 11.0. The summed E-state index contributed by atoms with van der Waals surface area (Å²) < 4.78 is 5.53. The van der Waals surface area contributed by atoms with Crippen LogP contribution >= 0.6 is 24.2 Å². The Morgan fingerprint density at radius 3 is 2.57 bits per heavy atom. The molecule has 1 aliphatic carbocycles. The number of hydrogen-bond acceptors (Lipinski definition) is 7. The van der Waals surface area contributed by atoms with Crippen molar-refractivity contribution in [3.05, 3.63) is 5.89 Å². The molecule has 1 aliphatic rings. The normalized spacial score (nSPS) is 15.9. The number of aromatic nitrogens is 2. The minimum absolute atomic E-state index is 0. The van der Waals surface area contributed by atoms with E-state index in [1.807, 2.05) is 20.8 Å². The number of amides is 1. The zero-order valence-corrected chi connectivity index (χ0v) is 18.7. The molecule has 0 aliphatic heterocycles. The molecule has 1 atom stereocenters. The predicted octanol–water partition coefficient (Wildman–Crippen LogP) is 3.49. The van der Waals surface area contributed by atoms with Crippen LogP contribution in [-0.4, -0.2) is 46.8 Å². The summed E-state index contributed by atoms with van der Waals surface area (Å²) in [5.41, 5.74) is 0. The first-order valence-electron chi connectivity index (χ1n) is 10.0. The lowest BCUT2D eigenvalue weighted by molar-refractivity contribution is -0.126. The maximum atomic E-state index is 12.9. The fourth-order valence-electron chi connectivity index (χ4n) is 3.26. The fraction of sp³-hybridized carbons (Fsp3) is 0.789. The van der Waals surface area contributed by atoms with E-state index >= 15 is 0 Å². The molecule has 1 heterocycles. The third-order valence-electron chi connectivity index (χ3n) is 4.69. The van der Waals surface area contributed by atoms with Gasteiger partial charge in [-0.05, 0) is 31.7 Å². The number of carbonyl (C=O) groups excluding carboxylic acids is 2. The van der Waals surface area contributed by atoms with Gasteiger partial charge in [0.2, 0.25) is 11.7 Å². The molecule has 160 valence electrons. The fourth-order valence-corrected chi connectivity index (χ4v) is 3.92. The molecule has 0 radical (unpaired) electrons. The van der Waals surface area contributed by atoms with Gasteiger partial charge < -0.3 is 15.1 Å². The highest BCUT2D eigenvalue weighted by Crippen LogP contribution is 2.24. The molecule has 28 heavy (non-hydrogen) atoms. The summed E-state index contributed by atoms with van der Waals surface area (Å²) in [5.74, 6) is 0.740. The number of rotatable bonds is 11. The molecule has 0 saturated heterocycles. The van der Waals surface area contributed by atoms with Gasteiger partial charge in [0.25, 0.3) is 11.1 Å². The van der Waals surface area contributed by atoms with E-state index < -0.39 is 6.04 Å². The van der Waals surface area contributed by atoms with Gasteiger partial charge in [0, 0.05) is 18.2 Å². The number of Topliss-reactive ketones (excluding diaryl/α,β-unsaturated/α-hetero) is 1. The van der Waals surface area contributed by atoms with E-state index in [2.05, 4.69) is 20.8 Å². The third kappa shape index (κ3) is 8.09. The minimum atomic E-state index is -0.612. The molecule has 1 fully saturated rings. The summed E-state index contributed by atoms with van der Waals surface area (Å²) in [6.07, 6.45) is 5.72. The Labute approximate surface area is 178 Å².